The Morgan fingerprint density at radius 1 is 1.71 bits per heavy atom. The topological polar surface area (TPSA) is 101 Å². The average Bonchev–Trinajstić information content (AvgIpc) is 2.61. The molecule has 0 fully saturated rings. The summed E-state index contributed by atoms with van der Waals surface area (Å²) in [5.74, 6) is -0.0456. The number of aliphatic hydroxyl groups excluding tert-OH is 1. The smallest absolute Gasteiger partial charge is 0.400 e. The monoisotopic (exact) mass is 199 g/mol. The highest BCUT2D eigenvalue weighted by atomic mass is 16.6. The van der Waals surface area contributed by atoms with Gasteiger partial charge in [0.25, 0.3) is 0 Å². The predicted octanol–water partition coefficient (Wildman–Crippen LogP) is 0.104. The Bertz CT molecular complexity index is 333. The second kappa shape index (κ2) is 4.97. The summed E-state index contributed by atoms with van der Waals surface area (Å²) in [4.78, 5) is 9.58. The highest BCUT2D eigenvalue weighted by Crippen LogP contribution is 2.13. The van der Waals surface area contributed by atoms with Crippen molar-refractivity contribution in [2.75, 3.05) is 13.2 Å². The molecular weight excluding hydrogens is 190 g/mol. The molecule has 0 aliphatic heterocycles. The van der Waals surface area contributed by atoms with Crippen LogP contribution in [0.1, 0.15) is 5.76 Å². The van der Waals surface area contributed by atoms with Gasteiger partial charge in [0.2, 0.25) is 0 Å². The number of rotatable bonds is 5. The quantitative estimate of drug-likeness (QED) is 0.303. The van der Waals surface area contributed by atoms with Crippen LogP contribution in [-0.4, -0.2) is 29.4 Å². The summed E-state index contributed by atoms with van der Waals surface area (Å²) in [7, 11) is 0. The Labute approximate surface area is 79.2 Å². The van der Waals surface area contributed by atoms with Crippen LogP contribution in [0.2, 0.25) is 0 Å². The van der Waals surface area contributed by atoms with Crippen LogP contribution in [0.25, 0.3) is 0 Å². The molecule has 1 aromatic rings. The number of nitrogens with zero attached hydrogens (tertiary/aromatic N) is 2. The van der Waals surface area contributed by atoms with Gasteiger partial charge in [-0.05, 0) is 6.07 Å². The van der Waals surface area contributed by atoms with Crippen molar-refractivity contribution in [3.63, 3.8) is 0 Å². The molecular formula is C7H9N3O4. The summed E-state index contributed by atoms with van der Waals surface area (Å²) < 4.78 is 4.77. The van der Waals surface area contributed by atoms with Crippen LogP contribution in [0, 0.1) is 10.1 Å². The van der Waals surface area contributed by atoms with Crippen molar-refractivity contribution < 1.29 is 14.4 Å². The fraction of sp³-hybridized carbons (Fsp3) is 0.286. The highest BCUT2D eigenvalue weighted by Gasteiger charge is 2.09. The van der Waals surface area contributed by atoms with Crippen molar-refractivity contribution in [2.24, 2.45) is 5.10 Å². The number of hydrogen-bond acceptors (Lipinski definition) is 6. The molecule has 0 spiro atoms. The van der Waals surface area contributed by atoms with Gasteiger partial charge in [0.1, 0.15) is 4.92 Å². The standard InChI is InChI=1S/C7H9N3O4/c11-4-3-8-9-5-6-1-2-7(14-6)10(12)13/h1-2,5,8,11H,3-4H2. The summed E-state index contributed by atoms with van der Waals surface area (Å²) in [5.41, 5.74) is 2.51. The number of hydrogen-bond donors (Lipinski definition) is 2. The zero-order chi connectivity index (χ0) is 10.4. The van der Waals surface area contributed by atoms with Gasteiger partial charge in [0, 0.05) is 0 Å². The van der Waals surface area contributed by atoms with Crippen molar-refractivity contribution >= 4 is 12.1 Å². The minimum absolute atomic E-state index is 0.0321. The van der Waals surface area contributed by atoms with Crippen molar-refractivity contribution in [1.82, 2.24) is 5.43 Å². The van der Waals surface area contributed by atoms with Crippen LogP contribution in [0.4, 0.5) is 5.88 Å². The molecule has 0 bridgehead atoms. The van der Waals surface area contributed by atoms with Crippen LogP contribution in [-0.2, 0) is 0 Å². The van der Waals surface area contributed by atoms with E-state index < -0.39 is 4.92 Å². The van der Waals surface area contributed by atoms with Crippen molar-refractivity contribution in [1.29, 1.82) is 0 Å². The molecule has 0 radical (unpaired) electrons. The average molecular weight is 199 g/mol. The van der Waals surface area contributed by atoms with E-state index in [2.05, 4.69) is 10.5 Å². The van der Waals surface area contributed by atoms with Gasteiger partial charge in [-0.2, -0.15) is 5.10 Å². The normalized spacial score (nSPS) is 10.6. The van der Waals surface area contributed by atoms with Gasteiger partial charge in [-0.1, -0.05) is 0 Å². The lowest BCUT2D eigenvalue weighted by molar-refractivity contribution is -0.402. The SMILES string of the molecule is O=[N+]([O-])c1ccc(C=NNCCO)o1. The molecule has 0 aliphatic carbocycles. The van der Waals surface area contributed by atoms with Crippen molar-refractivity contribution in [2.45, 2.75) is 0 Å². The van der Waals surface area contributed by atoms with Crippen LogP contribution in [0.15, 0.2) is 21.7 Å². The Morgan fingerprint density at radius 2 is 2.50 bits per heavy atom. The van der Waals surface area contributed by atoms with Crippen molar-refractivity contribution in [3.05, 3.63) is 28.0 Å². The molecule has 0 amide bonds. The van der Waals surface area contributed by atoms with E-state index in [0.717, 1.165) is 0 Å². The van der Waals surface area contributed by atoms with Crippen LogP contribution < -0.4 is 5.43 Å². The third-order valence-corrected chi connectivity index (χ3v) is 1.30. The zero-order valence-corrected chi connectivity index (χ0v) is 7.21. The molecule has 0 unspecified atom stereocenters. The van der Waals surface area contributed by atoms with Gasteiger partial charge in [-0.25, -0.2) is 0 Å². The maximum Gasteiger partial charge on any atom is 0.433 e. The van der Waals surface area contributed by atoms with E-state index in [1.807, 2.05) is 0 Å². The molecule has 0 aliphatic rings. The van der Waals surface area contributed by atoms with Crippen LogP contribution >= 0.6 is 0 Å². The first-order valence-electron chi connectivity index (χ1n) is 3.85. The highest BCUT2D eigenvalue weighted by molar-refractivity contribution is 5.75. The van der Waals surface area contributed by atoms with E-state index in [1.165, 1.54) is 18.3 Å². The second-order valence-electron chi connectivity index (χ2n) is 2.32. The molecule has 0 saturated heterocycles. The molecule has 14 heavy (non-hydrogen) atoms. The summed E-state index contributed by atoms with van der Waals surface area (Å²) in [6.07, 6.45) is 1.29. The van der Waals surface area contributed by atoms with E-state index in [0.29, 0.717) is 6.54 Å². The van der Waals surface area contributed by atoms with Gasteiger partial charge in [-0.15, -0.1) is 0 Å². The zero-order valence-electron chi connectivity index (χ0n) is 7.21. The maximum atomic E-state index is 10.2. The van der Waals surface area contributed by atoms with Gasteiger partial charge in [0.05, 0.1) is 25.4 Å². The fourth-order valence-corrected chi connectivity index (χ4v) is 0.734. The largest absolute Gasteiger partial charge is 0.433 e. The molecule has 1 rings (SSSR count). The van der Waals surface area contributed by atoms with Gasteiger partial charge >= 0.3 is 5.88 Å². The molecule has 0 aromatic carbocycles. The van der Waals surface area contributed by atoms with Gasteiger partial charge in [-0.3, -0.25) is 10.1 Å². The summed E-state index contributed by atoms with van der Waals surface area (Å²) >= 11 is 0. The first kappa shape index (κ1) is 10.2. The third kappa shape index (κ3) is 2.87. The minimum atomic E-state index is -0.626. The Balaban J connectivity index is 2.51. The molecule has 1 aromatic heterocycles. The third-order valence-electron chi connectivity index (χ3n) is 1.30. The van der Waals surface area contributed by atoms with E-state index in [9.17, 15) is 10.1 Å². The predicted molar refractivity (Wildman–Crippen MR) is 48.0 cm³/mol. The second-order valence-corrected chi connectivity index (χ2v) is 2.32. The molecule has 7 heteroatoms. The van der Waals surface area contributed by atoms with Crippen LogP contribution in [0.3, 0.4) is 0 Å². The Morgan fingerprint density at radius 3 is 3.07 bits per heavy atom. The number of furan rings is 1. The number of nitro groups is 1. The molecule has 1 heterocycles. The summed E-state index contributed by atoms with van der Waals surface area (Å²) in [5, 5.41) is 22.3. The van der Waals surface area contributed by atoms with Gasteiger partial charge in [0.15, 0.2) is 5.76 Å². The number of hydrazone groups is 1. The lowest BCUT2D eigenvalue weighted by atomic mass is 10.5. The Hall–Kier alpha value is -1.89. The Kier molecular flexibility index (Phi) is 3.62. The molecule has 7 nitrogen and oxygen atoms in total. The van der Waals surface area contributed by atoms with E-state index in [-0.39, 0.29) is 18.3 Å². The van der Waals surface area contributed by atoms with E-state index >= 15 is 0 Å². The van der Waals surface area contributed by atoms with Crippen LogP contribution in [0.5, 0.6) is 0 Å². The molecule has 0 atom stereocenters. The maximum absolute atomic E-state index is 10.2. The van der Waals surface area contributed by atoms with Gasteiger partial charge < -0.3 is 14.9 Å². The van der Waals surface area contributed by atoms with E-state index in [1.54, 1.807) is 0 Å². The minimum Gasteiger partial charge on any atom is -0.400 e. The molecule has 76 valence electrons. The first-order valence-corrected chi connectivity index (χ1v) is 3.85. The van der Waals surface area contributed by atoms with E-state index in [4.69, 9.17) is 9.52 Å². The molecule has 0 saturated carbocycles. The molecule has 2 N–H and O–H groups in total. The lowest BCUT2D eigenvalue weighted by Crippen LogP contribution is -2.10. The number of aliphatic hydroxyl groups is 1. The summed E-state index contributed by atoms with van der Waals surface area (Å²) in [6.45, 7) is 0.287. The lowest BCUT2D eigenvalue weighted by Gasteiger charge is -1.92. The van der Waals surface area contributed by atoms with Crippen molar-refractivity contribution in [3.8, 4) is 0 Å². The number of nitrogens with one attached hydrogen (secondary N) is 1. The summed E-state index contributed by atoms with van der Waals surface area (Å²) in [6, 6.07) is 2.68. The first-order chi connectivity index (χ1) is 6.74. The fourth-order valence-electron chi connectivity index (χ4n) is 0.734.